The van der Waals surface area contributed by atoms with Crippen molar-refractivity contribution in [2.24, 2.45) is 0 Å². The lowest BCUT2D eigenvalue weighted by Crippen LogP contribution is -2.28. The Balaban J connectivity index is 3.38. The molecule has 0 aromatic rings. The van der Waals surface area contributed by atoms with Crippen molar-refractivity contribution in [3.8, 4) is 0 Å². The molecular formula is C11H23NO. The Bertz CT molecular complexity index is 115. The lowest BCUT2D eigenvalue weighted by Gasteiger charge is -2.15. The average molecular weight is 185 g/mol. The van der Waals surface area contributed by atoms with Crippen molar-refractivity contribution < 1.29 is 4.74 Å². The number of nitrogens with one attached hydrogen (secondary N) is 1. The van der Waals surface area contributed by atoms with E-state index in [1.807, 2.05) is 13.0 Å². The van der Waals surface area contributed by atoms with Gasteiger partial charge in [0.15, 0.2) is 0 Å². The average Bonchev–Trinajstić information content (AvgIpc) is 2.13. The van der Waals surface area contributed by atoms with Gasteiger partial charge in [-0.1, -0.05) is 13.0 Å². The summed E-state index contributed by atoms with van der Waals surface area (Å²) < 4.78 is 5.29. The van der Waals surface area contributed by atoms with E-state index in [9.17, 15) is 0 Å². The van der Waals surface area contributed by atoms with Gasteiger partial charge in [-0.25, -0.2) is 0 Å². The Labute approximate surface area is 82.4 Å². The smallest absolute Gasteiger partial charge is 0.0466 e. The fourth-order valence-corrected chi connectivity index (χ4v) is 1.37. The minimum absolute atomic E-state index is 0.586. The van der Waals surface area contributed by atoms with Crippen molar-refractivity contribution in [3.05, 3.63) is 12.7 Å². The third-order valence-corrected chi connectivity index (χ3v) is 1.99. The summed E-state index contributed by atoms with van der Waals surface area (Å²) >= 11 is 0. The van der Waals surface area contributed by atoms with Crippen molar-refractivity contribution in [2.75, 3.05) is 19.8 Å². The Kier molecular flexibility index (Phi) is 9.49. The summed E-state index contributed by atoms with van der Waals surface area (Å²) in [7, 11) is 0. The molecule has 0 saturated heterocycles. The van der Waals surface area contributed by atoms with Gasteiger partial charge >= 0.3 is 0 Å². The van der Waals surface area contributed by atoms with Crippen molar-refractivity contribution >= 4 is 0 Å². The molecule has 1 unspecified atom stereocenters. The summed E-state index contributed by atoms with van der Waals surface area (Å²) in [6.45, 7) is 10.7. The zero-order chi connectivity index (χ0) is 9.94. The van der Waals surface area contributed by atoms with Crippen LogP contribution in [0, 0.1) is 0 Å². The minimum Gasteiger partial charge on any atom is -0.382 e. The van der Waals surface area contributed by atoms with Gasteiger partial charge in [0.2, 0.25) is 0 Å². The van der Waals surface area contributed by atoms with E-state index in [-0.39, 0.29) is 0 Å². The largest absolute Gasteiger partial charge is 0.382 e. The van der Waals surface area contributed by atoms with E-state index in [1.54, 1.807) is 0 Å². The SMILES string of the molecule is C=CCC(CCCOCC)NCC. The molecule has 2 heteroatoms. The molecule has 0 saturated carbocycles. The van der Waals surface area contributed by atoms with Gasteiger partial charge in [0.05, 0.1) is 0 Å². The number of rotatable bonds is 9. The third kappa shape index (κ3) is 8.00. The summed E-state index contributed by atoms with van der Waals surface area (Å²) in [5, 5.41) is 3.43. The monoisotopic (exact) mass is 185 g/mol. The highest BCUT2D eigenvalue weighted by atomic mass is 16.5. The van der Waals surface area contributed by atoms with E-state index in [0.29, 0.717) is 6.04 Å². The second kappa shape index (κ2) is 9.75. The van der Waals surface area contributed by atoms with E-state index in [1.165, 1.54) is 6.42 Å². The lowest BCUT2D eigenvalue weighted by atomic mass is 10.1. The van der Waals surface area contributed by atoms with E-state index < -0.39 is 0 Å². The molecule has 0 fully saturated rings. The second-order valence-electron chi connectivity index (χ2n) is 3.12. The Morgan fingerprint density at radius 1 is 1.46 bits per heavy atom. The highest BCUT2D eigenvalue weighted by Crippen LogP contribution is 2.02. The fourth-order valence-electron chi connectivity index (χ4n) is 1.37. The van der Waals surface area contributed by atoms with Crippen LogP contribution < -0.4 is 5.32 Å². The van der Waals surface area contributed by atoms with Crippen LogP contribution in [0.4, 0.5) is 0 Å². The second-order valence-corrected chi connectivity index (χ2v) is 3.12. The van der Waals surface area contributed by atoms with Gasteiger partial charge in [-0.05, 0) is 32.7 Å². The van der Waals surface area contributed by atoms with Crippen LogP contribution >= 0.6 is 0 Å². The first-order chi connectivity index (χ1) is 6.35. The van der Waals surface area contributed by atoms with Gasteiger partial charge < -0.3 is 10.1 Å². The van der Waals surface area contributed by atoms with Crippen molar-refractivity contribution in [2.45, 2.75) is 39.2 Å². The van der Waals surface area contributed by atoms with Crippen LogP contribution in [-0.2, 0) is 4.74 Å². The molecule has 0 amide bonds. The zero-order valence-corrected chi connectivity index (χ0v) is 9.01. The summed E-state index contributed by atoms with van der Waals surface area (Å²) in [5.74, 6) is 0. The topological polar surface area (TPSA) is 21.3 Å². The van der Waals surface area contributed by atoms with Crippen LogP contribution in [0.1, 0.15) is 33.1 Å². The van der Waals surface area contributed by atoms with Crippen molar-refractivity contribution in [1.29, 1.82) is 0 Å². The number of ether oxygens (including phenoxy) is 1. The van der Waals surface area contributed by atoms with Gasteiger partial charge in [-0.3, -0.25) is 0 Å². The maximum Gasteiger partial charge on any atom is 0.0466 e. The van der Waals surface area contributed by atoms with E-state index >= 15 is 0 Å². The van der Waals surface area contributed by atoms with Gasteiger partial charge in [0.25, 0.3) is 0 Å². The van der Waals surface area contributed by atoms with Crippen LogP contribution in [0.3, 0.4) is 0 Å². The summed E-state index contributed by atoms with van der Waals surface area (Å²) in [4.78, 5) is 0. The predicted molar refractivity (Wildman–Crippen MR) is 58.0 cm³/mol. The van der Waals surface area contributed by atoms with Gasteiger partial charge in [-0.2, -0.15) is 0 Å². The molecule has 0 spiro atoms. The highest BCUT2D eigenvalue weighted by molar-refractivity contribution is 4.77. The Morgan fingerprint density at radius 3 is 2.77 bits per heavy atom. The number of hydrogen-bond donors (Lipinski definition) is 1. The third-order valence-electron chi connectivity index (χ3n) is 1.99. The van der Waals surface area contributed by atoms with Crippen LogP contribution in [0.2, 0.25) is 0 Å². The summed E-state index contributed by atoms with van der Waals surface area (Å²) in [5.41, 5.74) is 0. The van der Waals surface area contributed by atoms with E-state index in [2.05, 4.69) is 18.8 Å². The summed E-state index contributed by atoms with van der Waals surface area (Å²) in [6.07, 6.45) is 5.35. The summed E-state index contributed by atoms with van der Waals surface area (Å²) in [6, 6.07) is 0.586. The molecule has 0 aromatic carbocycles. The Hall–Kier alpha value is -0.340. The molecule has 0 aromatic heterocycles. The molecule has 1 N–H and O–H groups in total. The predicted octanol–water partition coefficient (Wildman–Crippen LogP) is 2.36. The van der Waals surface area contributed by atoms with Crippen LogP contribution in [0.5, 0.6) is 0 Å². The first-order valence-corrected chi connectivity index (χ1v) is 5.27. The molecular weight excluding hydrogens is 162 g/mol. The van der Waals surface area contributed by atoms with Crippen LogP contribution in [0.15, 0.2) is 12.7 Å². The van der Waals surface area contributed by atoms with Gasteiger partial charge in [0, 0.05) is 19.3 Å². The van der Waals surface area contributed by atoms with E-state index in [4.69, 9.17) is 4.74 Å². The maximum atomic E-state index is 5.29. The van der Waals surface area contributed by atoms with Gasteiger partial charge in [-0.15, -0.1) is 6.58 Å². The van der Waals surface area contributed by atoms with E-state index in [0.717, 1.165) is 32.6 Å². The fraction of sp³-hybridized carbons (Fsp3) is 0.818. The van der Waals surface area contributed by atoms with Crippen LogP contribution in [0.25, 0.3) is 0 Å². The first kappa shape index (κ1) is 12.7. The molecule has 0 aliphatic rings. The molecule has 0 radical (unpaired) electrons. The molecule has 0 aliphatic carbocycles. The normalized spacial score (nSPS) is 12.8. The maximum absolute atomic E-state index is 5.29. The quantitative estimate of drug-likeness (QED) is 0.440. The first-order valence-electron chi connectivity index (χ1n) is 5.27. The molecule has 0 heterocycles. The molecule has 0 bridgehead atoms. The standard InChI is InChI=1S/C11H23NO/c1-4-8-11(12-5-2)9-7-10-13-6-3/h4,11-12H,1,5-10H2,2-3H3. The van der Waals surface area contributed by atoms with Gasteiger partial charge in [0.1, 0.15) is 0 Å². The Morgan fingerprint density at radius 2 is 2.23 bits per heavy atom. The molecule has 78 valence electrons. The minimum atomic E-state index is 0.586. The zero-order valence-electron chi connectivity index (χ0n) is 9.01. The van der Waals surface area contributed by atoms with Crippen LogP contribution in [-0.4, -0.2) is 25.8 Å². The van der Waals surface area contributed by atoms with Crippen molar-refractivity contribution in [1.82, 2.24) is 5.32 Å². The number of hydrogen-bond acceptors (Lipinski definition) is 2. The highest BCUT2D eigenvalue weighted by Gasteiger charge is 2.03. The van der Waals surface area contributed by atoms with Crippen molar-refractivity contribution in [3.63, 3.8) is 0 Å². The molecule has 0 aliphatic heterocycles. The molecule has 1 atom stereocenters. The molecule has 13 heavy (non-hydrogen) atoms. The molecule has 0 rings (SSSR count). The lowest BCUT2D eigenvalue weighted by molar-refractivity contribution is 0.141. The molecule has 2 nitrogen and oxygen atoms in total.